The molecule has 0 saturated carbocycles. The summed E-state index contributed by atoms with van der Waals surface area (Å²) in [5.74, 6) is 0.717. The van der Waals surface area contributed by atoms with Crippen LogP contribution in [-0.2, 0) is 7.05 Å². The fraction of sp³-hybridized carbons (Fsp3) is 0.286. The predicted octanol–water partition coefficient (Wildman–Crippen LogP) is 3.29. The summed E-state index contributed by atoms with van der Waals surface area (Å²) < 4.78 is 1.78. The van der Waals surface area contributed by atoms with E-state index in [1.54, 1.807) is 4.68 Å². The van der Waals surface area contributed by atoms with Crippen molar-refractivity contribution < 1.29 is 0 Å². The number of aryl methyl sites for hydroxylation is 1. The zero-order valence-corrected chi connectivity index (χ0v) is 16.6. The molecular formula is C21H21N9. The van der Waals surface area contributed by atoms with Gasteiger partial charge in [-0.3, -0.25) is 9.78 Å². The van der Waals surface area contributed by atoms with Crippen LogP contribution in [0.2, 0.25) is 0 Å². The van der Waals surface area contributed by atoms with Crippen molar-refractivity contribution in [3.8, 4) is 22.6 Å². The standard InChI is InChI=1S/C21H21N9/c1-29-12-14(11-24-29)13-9-15-17(27-28-19(15)23-10-13)21-25-18-16(5-6-22-20(18)26-21)30-7-3-2-4-8-30/h5-6,9-12H,2-4,7-8H2,1H3,(H,22,25,26)(H,23,27,28). The maximum Gasteiger partial charge on any atom is 0.181 e. The first-order chi connectivity index (χ1) is 14.8. The van der Waals surface area contributed by atoms with Gasteiger partial charge in [0.2, 0.25) is 0 Å². The van der Waals surface area contributed by atoms with Crippen LogP contribution >= 0.6 is 0 Å². The summed E-state index contributed by atoms with van der Waals surface area (Å²) >= 11 is 0. The van der Waals surface area contributed by atoms with E-state index in [-0.39, 0.29) is 0 Å². The number of piperidine rings is 1. The third-order valence-corrected chi connectivity index (χ3v) is 5.75. The number of hydrogen-bond donors (Lipinski definition) is 2. The Bertz CT molecular complexity index is 1350. The predicted molar refractivity (Wildman–Crippen MR) is 115 cm³/mol. The van der Waals surface area contributed by atoms with Crippen LogP contribution in [0.3, 0.4) is 0 Å². The Morgan fingerprint density at radius 1 is 1.00 bits per heavy atom. The Kier molecular flexibility index (Phi) is 3.80. The molecule has 5 aromatic heterocycles. The average Bonchev–Trinajstić information content (AvgIpc) is 3.50. The third kappa shape index (κ3) is 2.73. The van der Waals surface area contributed by atoms with Crippen molar-refractivity contribution in [1.82, 2.24) is 39.9 Å². The minimum absolute atomic E-state index is 0.655. The molecule has 9 heteroatoms. The SMILES string of the molecule is Cn1cc(-c2cnc3n[nH]c(-c4nc5nccc(N6CCCCC6)c5[nH]4)c3c2)cn1. The van der Waals surface area contributed by atoms with Gasteiger partial charge >= 0.3 is 0 Å². The fourth-order valence-corrected chi connectivity index (χ4v) is 4.22. The number of nitrogens with one attached hydrogen (secondary N) is 2. The van der Waals surface area contributed by atoms with Crippen molar-refractivity contribution in [1.29, 1.82) is 0 Å². The molecule has 0 atom stereocenters. The van der Waals surface area contributed by atoms with E-state index in [9.17, 15) is 0 Å². The minimum atomic E-state index is 0.655. The lowest BCUT2D eigenvalue weighted by molar-refractivity contribution is 0.578. The molecule has 30 heavy (non-hydrogen) atoms. The first kappa shape index (κ1) is 17.1. The van der Waals surface area contributed by atoms with E-state index in [0.29, 0.717) is 11.3 Å². The van der Waals surface area contributed by atoms with Crippen LogP contribution in [0.15, 0.2) is 36.9 Å². The molecule has 0 unspecified atom stereocenters. The van der Waals surface area contributed by atoms with Crippen molar-refractivity contribution in [3.05, 3.63) is 36.9 Å². The summed E-state index contributed by atoms with van der Waals surface area (Å²) in [7, 11) is 1.90. The van der Waals surface area contributed by atoms with Crippen LogP contribution in [0, 0.1) is 0 Å². The second kappa shape index (κ2) is 6.65. The molecule has 1 saturated heterocycles. The third-order valence-electron chi connectivity index (χ3n) is 5.75. The lowest BCUT2D eigenvalue weighted by atomic mass is 10.1. The molecule has 1 aliphatic rings. The molecular weight excluding hydrogens is 378 g/mol. The lowest BCUT2D eigenvalue weighted by Crippen LogP contribution is -2.29. The van der Waals surface area contributed by atoms with Crippen LogP contribution in [0.4, 0.5) is 5.69 Å². The van der Waals surface area contributed by atoms with E-state index in [1.165, 1.54) is 19.3 Å². The number of H-pyrrole nitrogens is 2. The molecule has 0 aliphatic carbocycles. The fourth-order valence-electron chi connectivity index (χ4n) is 4.22. The largest absolute Gasteiger partial charge is 0.370 e. The van der Waals surface area contributed by atoms with Gasteiger partial charge < -0.3 is 9.88 Å². The van der Waals surface area contributed by atoms with E-state index in [4.69, 9.17) is 4.98 Å². The molecule has 2 N–H and O–H groups in total. The number of aromatic nitrogens is 8. The average molecular weight is 399 g/mol. The van der Waals surface area contributed by atoms with Crippen molar-refractivity contribution in [2.75, 3.05) is 18.0 Å². The molecule has 0 spiro atoms. The van der Waals surface area contributed by atoms with E-state index in [2.05, 4.69) is 47.3 Å². The molecule has 6 rings (SSSR count). The summed E-state index contributed by atoms with van der Waals surface area (Å²) in [6.45, 7) is 2.14. The second-order valence-electron chi connectivity index (χ2n) is 7.76. The topological polar surface area (TPSA) is 104 Å². The number of nitrogens with zero attached hydrogens (tertiary/aromatic N) is 7. The first-order valence-electron chi connectivity index (χ1n) is 10.2. The van der Waals surface area contributed by atoms with Crippen molar-refractivity contribution in [2.45, 2.75) is 19.3 Å². The number of pyridine rings is 2. The van der Waals surface area contributed by atoms with Crippen LogP contribution in [0.5, 0.6) is 0 Å². The molecule has 0 bridgehead atoms. The number of imidazole rings is 1. The Morgan fingerprint density at radius 3 is 2.73 bits per heavy atom. The number of aromatic amines is 2. The maximum absolute atomic E-state index is 4.76. The van der Waals surface area contributed by atoms with Gasteiger partial charge in [-0.1, -0.05) is 0 Å². The summed E-state index contributed by atoms with van der Waals surface area (Å²) in [6, 6.07) is 4.15. The smallest absolute Gasteiger partial charge is 0.181 e. The number of hydrogen-bond acceptors (Lipinski definition) is 6. The summed E-state index contributed by atoms with van der Waals surface area (Å²) in [5.41, 5.74) is 6.31. The zero-order valence-electron chi connectivity index (χ0n) is 16.6. The van der Waals surface area contributed by atoms with Gasteiger partial charge in [-0.2, -0.15) is 10.2 Å². The normalized spacial score (nSPS) is 14.8. The Hall–Kier alpha value is -3.75. The highest BCUT2D eigenvalue weighted by Crippen LogP contribution is 2.31. The molecule has 150 valence electrons. The molecule has 0 aromatic carbocycles. The van der Waals surface area contributed by atoms with Gasteiger partial charge in [-0.25, -0.2) is 15.0 Å². The van der Waals surface area contributed by atoms with Crippen LogP contribution in [0.1, 0.15) is 19.3 Å². The van der Waals surface area contributed by atoms with Gasteiger partial charge in [0.25, 0.3) is 0 Å². The molecule has 9 nitrogen and oxygen atoms in total. The van der Waals surface area contributed by atoms with Gasteiger partial charge in [0.1, 0.15) is 11.2 Å². The van der Waals surface area contributed by atoms with Gasteiger partial charge in [0.05, 0.1) is 17.3 Å². The number of anilines is 1. The highest BCUT2D eigenvalue weighted by Gasteiger charge is 2.19. The van der Waals surface area contributed by atoms with Gasteiger partial charge in [-0.15, -0.1) is 0 Å². The Balaban J connectivity index is 1.47. The van der Waals surface area contributed by atoms with E-state index < -0.39 is 0 Å². The van der Waals surface area contributed by atoms with Crippen molar-refractivity contribution >= 4 is 27.9 Å². The van der Waals surface area contributed by atoms with Crippen LogP contribution in [-0.4, -0.2) is 53.0 Å². The van der Waals surface area contributed by atoms with Crippen LogP contribution in [0.25, 0.3) is 44.8 Å². The Labute approximate surface area is 172 Å². The van der Waals surface area contributed by atoms with Gasteiger partial charge in [0.15, 0.2) is 17.1 Å². The van der Waals surface area contributed by atoms with Gasteiger partial charge in [0, 0.05) is 49.9 Å². The van der Waals surface area contributed by atoms with Crippen molar-refractivity contribution in [2.24, 2.45) is 7.05 Å². The number of rotatable bonds is 3. The Morgan fingerprint density at radius 2 is 1.90 bits per heavy atom. The molecule has 1 fully saturated rings. The zero-order chi connectivity index (χ0) is 20.1. The van der Waals surface area contributed by atoms with Gasteiger partial charge in [-0.05, 0) is 31.4 Å². The van der Waals surface area contributed by atoms with Crippen molar-refractivity contribution in [3.63, 3.8) is 0 Å². The summed E-state index contributed by atoms with van der Waals surface area (Å²) in [5, 5.41) is 12.6. The van der Waals surface area contributed by atoms with Crippen LogP contribution < -0.4 is 4.90 Å². The molecule has 1 aliphatic heterocycles. The molecule has 0 amide bonds. The van der Waals surface area contributed by atoms with E-state index >= 15 is 0 Å². The first-order valence-corrected chi connectivity index (χ1v) is 10.2. The maximum atomic E-state index is 4.76. The quantitative estimate of drug-likeness (QED) is 0.482. The highest BCUT2D eigenvalue weighted by atomic mass is 15.2. The second-order valence-corrected chi connectivity index (χ2v) is 7.76. The molecule has 5 aromatic rings. The summed E-state index contributed by atoms with van der Waals surface area (Å²) in [6.07, 6.45) is 11.2. The van der Waals surface area contributed by atoms with E-state index in [1.807, 2.05) is 31.8 Å². The van der Waals surface area contributed by atoms with E-state index in [0.717, 1.165) is 52.3 Å². The lowest BCUT2D eigenvalue weighted by Gasteiger charge is -2.28. The molecule has 0 radical (unpaired) electrons. The molecule has 6 heterocycles. The number of fused-ring (bicyclic) bond motifs is 2. The monoisotopic (exact) mass is 399 g/mol. The minimum Gasteiger partial charge on any atom is -0.370 e. The highest BCUT2D eigenvalue weighted by molar-refractivity contribution is 5.95. The summed E-state index contributed by atoms with van der Waals surface area (Å²) in [4.78, 5) is 19.7.